The maximum absolute atomic E-state index is 11.5. The molecule has 0 spiro atoms. The number of rotatable bonds is 3. The molecule has 0 amide bonds. The molecule has 2 heteroatoms. The lowest BCUT2D eigenvalue weighted by Gasteiger charge is -1.98. The molecule has 13 heavy (non-hydrogen) atoms. The minimum absolute atomic E-state index is 0.00571. The van der Waals surface area contributed by atoms with Gasteiger partial charge in [-0.1, -0.05) is 27.7 Å². The molecule has 1 aromatic rings. The fourth-order valence-electron chi connectivity index (χ4n) is 1.07. The van der Waals surface area contributed by atoms with Crippen molar-refractivity contribution in [1.29, 1.82) is 0 Å². The molecule has 0 bridgehead atoms. The fraction of sp³-hybridized carbons (Fsp3) is 0.545. The molecule has 0 unspecified atom stereocenters. The first-order chi connectivity index (χ1) is 6.02. The van der Waals surface area contributed by atoms with Gasteiger partial charge in [0.2, 0.25) is 0 Å². The molecule has 1 heterocycles. The summed E-state index contributed by atoms with van der Waals surface area (Å²) in [6.45, 7) is 7.91. The van der Waals surface area contributed by atoms with E-state index in [1.54, 1.807) is 6.26 Å². The summed E-state index contributed by atoms with van der Waals surface area (Å²) in [5.74, 6) is 0.981. The van der Waals surface area contributed by atoms with E-state index in [9.17, 15) is 4.79 Å². The number of Topliss-reactive ketones (excluding diaryl/α,β-unsaturated/α-hetero) is 1. The Morgan fingerprint density at radius 1 is 1.31 bits per heavy atom. The van der Waals surface area contributed by atoms with E-state index in [2.05, 4.69) is 13.8 Å². The minimum atomic E-state index is 0.00571. The second kappa shape index (κ2) is 3.77. The minimum Gasteiger partial charge on any atom is -0.461 e. The molecule has 0 saturated carbocycles. The predicted octanol–water partition coefficient (Wildman–Crippen LogP) is 3.24. The first kappa shape index (κ1) is 10.0. The van der Waals surface area contributed by atoms with Gasteiger partial charge in [0, 0.05) is 5.92 Å². The van der Waals surface area contributed by atoms with Gasteiger partial charge in [-0.15, -0.1) is 0 Å². The van der Waals surface area contributed by atoms with Gasteiger partial charge in [0.05, 0.1) is 6.26 Å². The molecule has 0 aliphatic carbocycles. The highest BCUT2D eigenvalue weighted by Gasteiger charge is 2.15. The molecule has 0 aliphatic rings. The lowest BCUT2D eigenvalue weighted by molar-refractivity contribution is 0.0911. The molecule has 0 aliphatic heterocycles. The van der Waals surface area contributed by atoms with Crippen LogP contribution in [0.5, 0.6) is 0 Å². The largest absolute Gasteiger partial charge is 0.461 e. The molecule has 1 aromatic heterocycles. The highest BCUT2D eigenvalue weighted by Crippen LogP contribution is 2.19. The summed E-state index contributed by atoms with van der Waals surface area (Å²) in [6.07, 6.45) is 1.67. The second-order valence-corrected chi connectivity index (χ2v) is 3.92. The zero-order valence-corrected chi connectivity index (χ0v) is 8.63. The smallest absolute Gasteiger partial charge is 0.200 e. The van der Waals surface area contributed by atoms with E-state index < -0.39 is 0 Å². The lowest BCUT2D eigenvalue weighted by atomic mass is 10.0. The van der Waals surface area contributed by atoms with Crippen LogP contribution in [0.15, 0.2) is 16.7 Å². The molecule has 2 nitrogen and oxygen atoms in total. The van der Waals surface area contributed by atoms with E-state index in [0.717, 1.165) is 5.56 Å². The van der Waals surface area contributed by atoms with Crippen molar-refractivity contribution in [3.8, 4) is 0 Å². The van der Waals surface area contributed by atoms with Gasteiger partial charge in [-0.05, 0) is 17.5 Å². The van der Waals surface area contributed by atoms with E-state index in [0.29, 0.717) is 11.7 Å². The molecule has 0 fully saturated rings. The SMILES string of the molecule is CC(C)C(=O)c1cc(C(C)C)co1. The zero-order chi connectivity index (χ0) is 10.0. The van der Waals surface area contributed by atoms with Crippen LogP contribution in [0.2, 0.25) is 0 Å². The Morgan fingerprint density at radius 2 is 1.92 bits per heavy atom. The Balaban J connectivity index is 2.86. The lowest BCUT2D eigenvalue weighted by Crippen LogP contribution is -2.05. The van der Waals surface area contributed by atoms with Crippen molar-refractivity contribution in [3.05, 3.63) is 23.7 Å². The number of furan rings is 1. The number of hydrogen-bond donors (Lipinski definition) is 0. The van der Waals surface area contributed by atoms with Gasteiger partial charge in [0.15, 0.2) is 11.5 Å². The van der Waals surface area contributed by atoms with Gasteiger partial charge in [0.25, 0.3) is 0 Å². The van der Waals surface area contributed by atoms with Gasteiger partial charge in [-0.25, -0.2) is 0 Å². The number of carbonyl (C=O) groups is 1. The van der Waals surface area contributed by atoms with Gasteiger partial charge in [-0.3, -0.25) is 4.79 Å². The number of carbonyl (C=O) groups excluding carboxylic acids is 1. The summed E-state index contributed by atoms with van der Waals surface area (Å²) in [7, 11) is 0. The standard InChI is InChI=1S/C11H16O2/c1-7(2)9-5-10(13-6-9)11(12)8(3)4/h5-8H,1-4H3. The number of hydrogen-bond acceptors (Lipinski definition) is 2. The maximum Gasteiger partial charge on any atom is 0.200 e. The molecule has 0 N–H and O–H groups in total. The molecule has 0 radical (unpaired) electrons. The molecule has 0 aromatic carbocycles. The van der Waals surface area contributed by atoms with Crippen LogP contribution in [0.4, 0.5) is 0 Å². The quantitative estimate of drug-likeness (QED) is 0.668. The average Bonchev–Trinajstić information content (AvgIpc) is 2.50. The third-order valence-electron chi connectivity index (χ3n) is 2.05. The first-order valence-electron chi connectivity index (χ1n) is 4.65. The summed E-state index contributed by atoms with van der Waals surface area (Å²) in [5, 5.41) is 0. The van der Waals surface area contributed by atoms with Crippen LogP contribution in [0, 0.1) is 5.92 Å². The molecule has 0 saturated heterocycles. The van der Waals surface area contributed by atoms with Crippen molar-refractivity contribution >= 4 is 5.78 Å². The topological polar surface area (TPSA) is 30.2 Å². The van der Waals surface area contributed by atoms with Crippen molar-refractivity contribution in [1.82, 2.24) is 0 Å². The molecular weight excluding hydrogens is 164 g/mol. The summed E-state index contributed by atoms with van der Waals surface area (Å²) >= 11 is 0. The Kier molecular flexibility index (Phi) is 2.91. The Bertz CT molecular complexity index is 295. The van der Waals surface area contributed by atoms with E-state index >= 15 is 0 Å². The van der Waals surface area contributed by atoms with Crippen molar-refractivity contribution in [3.63, 3.8) is 0 Å². The second-order valence-electron chi connectivity index (χ2n) is 3.92. The van der Waals surface area contributed by atoms with Gasteiger partial charge >= 0.3 is 0 Å². The van der Waals surface area contributed by atoms with E-state index in [1.807, 2.05) is 19.9 Å². The molecule has 0 atom stereocenters. The van der Waals surface area contributed by atoms with E-state index in [4.69, 9.17) is 4.42 Å². The van der Waals surface area contributed by atoms with Crippen molar-refractivity contribution in [2.75, 3.05) is 0 Å². The van der Waals surface area contributed by atoms with E-state index in [1.165, 1.54) is 0 Å². The predicted molar refractivity (Wildman–Crippen MR) is 52.0 cm³/mol. The van der Waals surface area contributed by atoms with Gasteiger partial charge in [0.1, 0.15) is 0 Å². The zero-order valence-electron chi connectivity index (χ0n) is 8.63. The van der Waals surface area contributed by atoms with Crippen LogP contribution < -0.4 is 0 Å². The normalized spacial score (nSPS) is 11.2. The Labute approximate surface area is 78.9 Å². The van der Waals surface area contributed by atoms with Crippen LogP contribution in [0.25, 0.3) is 0 Å². The van der Waals surface area contributed by atoms with Gasteiger partial charge in [-0.2, -0.15) is 0 Å². The molecule has 1 rings (SSSR count). The summed E-state index contributed by atoms with van der Waals surface area (Å²) in [6, 6.07) is 1.84. The van der Waals surface area contributed by atoms with Crippen LogP contribution >= 0.6 is 0 Å². The van der Waals surface area contributed by atoms with Crippen LogP contribution in [-0.4, -0.2) is 5.78 Å². The highest BCUT2D eigenvalue weighted by molar-refractivity contribution is 5.95. The number of ketones is 1. The van der Waals surface area contributed by atoms with Crippen molar-refractivity contribution in [2.24, 2.45) is 5.92 Å². The molecular formula is C11H16O2. The maximum atomic E-state index is 11.5. The third-order valence-corrected chi connectivity index (χ3v) is 2.05. The van der Waals surface area contributed by atoms with Crippen LogP contribution in [0.1, 0.15) is 49.7 Å². The fourth-order valence-corrected chi connectivity index (χ4v) is 1.07. The van der Waals surface area contributed by atoms with Crippen LogP contribution in [-0.2, 0) is 0 Å². The monoisotopic (exact) mass is 180 g/mol. The van der Waals surface area contributed by atoms with E-state index in [-0.39, 0.29) is 11.7 Å². The first-order valence-corrected chi connectivity index (χ1v) is 4.65. The van der Waals surface area contributed by atoms with Crippen molar-refractivity contribution < 1.29 is 9.21 Å². The summed E-state index contributed by atoms with van der Waals surface area (Å²) in [4.78, 5) is 11.5. The average molecular weight is 180 g/mol. The third kappa shape index (κ3) is 2.20. The Hall–Kier alpha value is -1.05. The summed E-state index contributed by atoms with van der Waals surface area (Å²) < 4.78 is 5.20. The van der Waals surface area contributed by atoms with Crippen LogP contribution in [0.3, 0.4) is 0 Å². The van der Waals surface area contributed by atoms with Crippen molar-refractivity contribution in [2.45, 2.75) is 33.6 Å². The Morgan fingerprint density at radius 3 is 2.31 bits per heavy atom. The summed E-state index contributed by atoms with van der Waals surface area (Å²) in [5.41, 5.74) is 1.09. The molecule has 72 valence electrons. The highest BCUT2D eigenvalue weighted by atomic mass is 16.3. The van der Waals surface area contributed by atoms with Gasteiger partial charge < -0.3 is 4.42 Å².